The van der Waals surface area contributed by atoms with Crippen LogP contribution in [0.3, 0.4) is 0 Å². The fourth-order valence-corrected chi connectivity index (χ4v) is 2.59. The Morgan fingerprint density at radius 1 is 1.35 bits per heavy atom. The van der Waals surface area contributed by atoms with Crippen LogP contribution in [0.25, 0.3) is 0 Å². The van der Waals surface area contributed by atoms with E-state index >= 15 is 0 Å². The summed E-state index contributed by atoms with van der Waals surface area (Å²) in [6.07, 6.45) is 1.58. The van der Waals surface area contributed by atoms with Gasteiger partial charge >= 0.3 is 0 Å². The van der Waals surface area contributed by atoms with Crippen molar-refractivity contribution >= 4 is 5.91 Å². The number of likely N-dealkylation sites (N-methyl/N-ethyl adjacent to an activating group) is 1. The summed E-state index contributed by atoms with van der Waals surface area (Å²) >= 11 is 0. The molecule has 0 saturated heterocycles. The molecule has 1 saturated carbocycles. The van der Waals surface area contributed by atoms with Gasteiger partial charge < -0.3 is 19.5 Å². The van der Waals surface area contributed by atoms with Gasteiger partial charge in [-0.1, -0.05) is 12.1 Å². The van der Waals surface area contributed by atoms with E-state index in [1.165, 1.54) is 19.1 Å². The molecule has 5 nitrogen and oxygen atoms in total. The Balaban J connectivity index is 2.07. The summed E-state index contributed by atoms with van der Waals surface area (Å²) < 4.78 is 23.5. The van der Waals surface area contributed by atoms with Gasteiger partial charge in [-0.2, -0.15) is 0 Å². The van der Waals surface area contributed by atoms with Crippen molar-refractivity contribution in [1.29, 1.82) is 0 Å². The van der Waals surface area contributed by atoms with Gasteiger partial charge in [0.25, 0.3) is 5.91 Å². The highest BCUT2D eigenvalue weighted by Gasteiger charge is 2.33. The third-order valence-electron chi connectivity index (χ3n) is 4.38. The zero-order chi connectivity index (χ0) is 17.0. The third-order valence-corrected chi connectivity index (χ3v) is 4.38. The summed E-state index contributed by atoms with van der Waals surface area (Å²) in [4.78, 5) is 13.9. The Morgan fingerprint density at radius 3 is 2.35 bits per heavy atom. The molecule has 6 heteroatoms. The van der Waals surface area contributed by atoms with Crippen LogP contribution in [0.2, 0.25) is 0 Å². The van der Waals surface area contributed by atoms with Crippen LogP contribution in [0.4, 0.5) is 4.39 Å². The van der Waals surface area contributed by atoms with E-state index in [4.69, 9.17) is 9.47 Å². The Labute approximate surface area is 136 Å². The average Bonchev–Trinajstić information content (AvgIpc) is 3.42. The van der Waals surface area contributed by atoms with Gasteiger partial charge in [-0.3, -0.25) is 4.79 Å². The first-order chi connectivity index (χ1) is 11.0. The molecular formula is C17H24FNO4. The number of nitrogens with zero attached hydrogens (tertiary/aromatic N) is 1. The molecule has 128 valence electrons. The highest BCUT2D eigenvalue weighted by Crippen LogP contribution is 2.33. The van der Waals surface area contributed by atoms with Crippen LogP contribution < -0.4 is 0 Å². The monoisotopic (exact) mass is 325 g/mol. The van der Waals surface area contributed by atoms with E-state index < -0.39 is 18.6 Å². The summed E-state index contributed by atoms with van der Waals surface area (Å²) in [6.45, 7) is -0.517. The summed E-state index contributed by atoms with van der Waals surface area (Å²) in [7, 11) is 4.41. The molecule has 1 unspecified atom stereocenters. The van der Waals surface area contributed by atoms with Crippen molar-refractivity contribution in [3.63, 3.8) is 0 Å². The maximum Gasteiger partial charge on any atom is 0.253 e. The van der Waals surface area contributed by atoms with Crippen LogP contribution in [0.15, 0.2) is 24.3 Å². The number of rotatable bonds is 8. The number of carbonyl (C=O) groups is 1. The fourth-order valence-electron chi connectivity index (χ4n) is 2.59. The lowest BCUT2D eigenvalue weighted by molar-refractivity contribution is -0.224. The second-order valence-corrected chi connectivity index (χ2v) is 5.96. The van der Waals surface area contributed by atoms with E-state index in [9.17, 15) is 14.3 Å². The number of halogens is 1. The predicted octanol–water partition coefficient (Wildman–Crippen LogP) is 1.94. The van der Waals surface area contributed by atoms with Crippen molar-refractivity contribution in [3.05, 3.63) is 35.4 Å². The van der Waals surface area contributed by atoms with Crippen molar-refractivity contribution in [2.24, 2.45) is 5.92 Å². The molecule has 0 aliphatic heterocycles. The number of ether oxygens (including phenoxy) is 2. The minimum absolute atomic E-state index is 0.183. The molecule has 0 heterocycles. The van der Waals surface area contributed by atoms with Crippen molar-refractivity contribution in [2.45, 2.75) is 24.7 Å². The zero-order valence-corrected chi connectivity index (χ0v) is 13.8. The standard InChI is InChI=1S/C17H24FNO4/c1-19(10-15(20)12-4-5-12)16(21)13-6-8-14(9-7-13)17(11-18,22-2)23-3/h6-9,12,15,20H,4-5,10-11H2,1-3H3. The first-order valence-electron chi connectivity index (χ1n) is 7.67. The van der Waals surface area contributed by atoms with E-state index in [1.807, 2.05) is 0 Å². The van der Waals surface area contributed by atoms with Gasteiger partial charge in [0.15, 0.2) is 0 Å². The molecule has 1 atom stereocenters. The topological polar surface area (TPSA) is 59.0 Å². The quantitative estimate of drug-likeness (QED) is 0.742. The summed E-state index contributed by atoms with van der Waals surface area (Å²) in [5, 5.41) is 9.93. The summed E-state index contributed by atoms with van der Waals surface area (Å²) in [6, 6.07) is 6.45. The van der Waals surface area contributed by atoms with Crippen LogP contribution in [0, 0.1) is 5.92 Å². The predicted molar refractivity (Wildman–Crippen MR) is 83.8 cm³/mol. The van der Waals surface area contributed by atoms with Crippen LogP contribution in [-0.2, 0) is 15.3 Å². The Bertz CT molecular complexity index is 518. The minimum atomic E-state index is -1.45. The fraction of sp³-hybridized carbons (Fsp3) is 0.588. The molecule has 1 N–H and O–H groups in total. The van der Waals surface area contributed by atoms with E-state index in [0.717, 1.165) is 12.8 Å². The van der Waals surface area contributed by atoms with Gasteiger partial charge in [0.05, 0.1) is 6.10 Å². The number of alkyl halides is 1. The van der Waals surface area contributed by atoms with Crippen LogP contribution in [0.5, 0.6) is 0 Å². The molecule has 0 bridgehead atoms. The molecule has 1 aliphatic rings. The first-order valence-corrected chi connectivity index (χ1v) is 7.67. The molecule has 0 spiro atoms. The Morgan fingerprint density at radius 2 is 1.91 bits per heavy atom. The number of methoxy groups -OCH3 is 2. The maximum absolute atomic E-state index is 13.3. The number of amides is 1. The van der Waals surface area contributed by atoms with Crippen molar-refractivity contribution in [1.82, 2.24) is 4.90 Å². The number of aliphatic hydroxyl groups excluding tert-OH is 1. The number of benzene rings is 1. The molecule has 1 aliphatic carbocycles. The molecule has 0 aromatic heterocycles. The number of hydrogen-bond acceptors (Lipinski definition) is 4. The maximum atomic E-state index is 13.3. The summed E-state index contributed by atoms with van der Waals surface area (Å²) in [5.74, 6) is -1.31. The van der Waals surface area contributed by atoms with Gasteiger partial charge in [-0.15, -0.1) is 0 Å². The Kier molecular flexibility index (Phi) is 5.73. The smallest absolute Gasteiger partial charge is 0.253 e. The second-order valence-electron chi connectivity index (χ2n) is 5.96. The molecule has 1 fully saturated rings. The number of hydrogen-bond donors (Lipinski definition) is 1. The van der Waals surface area contributed by atoms with Gasteiger partial charge in [-0.05, 0) is 30.9 Å². The number of aliphatic hydroxyl groups is 1. The minimum Gasteiger partial charge on any atom is -0.391 e. The molecule has 2 rings (SSSR count). The van der Waals surface area contributed by atoms with Gasteiger partial charge in [0.2, 0.25) is 5.79 Å². The van der Waals surface area contributed by atoms with E-state index in [0.29, 0.717) is 23.6 Å². The molecule has 1 aromatic rings. The number of carbonyl (C=O) groups excluding carboxylic acids is 1. The van der Waals surface area contributed by atoms with Gasteiger partial charge in [0.1, 0.15) is 6.67 Å². The average molecular weight is 325 g/mol. The first kappa shape index (κ1) is 17.8. The van der Waals surface area contributed by atoms with Gasteiger partial charge in [-0.25, -0.2) is 4.39 Å². The van der Waals surface area contributed by atoms with E-state index in [-0.39, 0.29) is 5.91 Å². The lowest BCUT2D eigenvalue weighted by atomic mass is 10.0. The lowest BCUT2D eigenvalue weighted by Crippen LogP contribution is -2.35. The molecule has 0 radical (unpaired) electrons. The van der Waals surface area contributed by atoms with Crippen molar-refractivity contribution in [2.75, 3.05) is 34.5 Å². The normalized spacial score (nSPS) is 16.2. The molecule has 1 aromatic carbocycles. The highest BCUT2D eigenvalue weighted by molar-refractivity contribution is 5.94. The van der Waals surface area contributed by atoms with Crippen molar-refractivity contribution < 1.29 is 23.8 Å². The lowest BCUT2D eigenvalue weighted by Gasteiger charge is -2.28. The third kappa shape index (κ3) is 3.88. The second kappa shape index (κ2) is 7.38. The summed E-state index contributed by atoms with van der Waals surface area (Å²) in [5.41, 5.74) is 0.974. The van der Waals surface area contributed by atoms with Gasteiger partial charge in [0, 0.05) is 38.9 Å². The van der Waals surface area contributed by atoms with E-state index in [2.05, 4.69) is 0 Å². The van der Waals surface area contributed by atoms with Crippen LogP contribution in [-0.4, -0.2) is 56.5 Å². The Hall–Kier alpha value is -1.50. The largest absolute Gasteiger partial charge is 0.391 e. The van der Waals surface area contributed by atoms with Crippen LogP contribution >= 0.6 is 0 Å². The molecular weight excluding hydrogens is 301 g/mol. The van der Waals surface area contributed by atoms with Crippen molar-refractivity contribution in [3.8, 4) is 0 Å². The molecule has 1 amide bonds. The zero-order valence-electron chi connectivity index (χ0n) is 13.8. The SMILES string of the molecule is COC(CF)(OC)c1ccc(C(=O)N(C)CC(O)C2CC2)cc1. The van der Waals surface area contributed by atoms with E-state index in [1.54, 1.807) is 31.3 Å². The highest BCUT2D eigenvalue weighted by atomic mass is 19.1. The van der Waals surface area contributed by atoms with Crippen LogP contribution in [0.1, 0.15) is 28.8 Å². The molecule has 23 heavy (non-hydrogen) atoms.